The van der Waals surface area contributed by atoms with Gasteiger partial charge in [0.15, 0.2) is 5.58 Å². The SMILES string of the molecule is CC(C)(C)c1ccc(-c2nc3ccc(CO)cc3o2)cc1. The van der Waals surface area contributed by atoms with E-state index in [2.05, 4.69) is 37.9 Å². The minimum atomic E-state index is 0.00620. The van der Waals surface area contributed by atoms with Gasteiger partial charge in [0, 0.05) is 5.56 Å². The molecule has 0 unspecified atom stereocenters. The lowest BCUT2D eigenvalue weighted by Gasteiger charge is -2.18. The van der Waals surface area contributed by atoms with Crippen LogP contribution in [0.25, 0.3) is 22.6 Å². The van der Waals surface area contributed by atoms with Crippen LogP contribution in [0.5, 0.6) is 0 Å². The molecular weight excluding hydrogens is 262 g/mol. The van der Waals surface area contributed by atoms with Gasteiger partial charge in [0.2, 0.25) is 5.89 Å². The maximum absolute atomic E-state index is 9.17. The average Bonchev–Trinajstić information content (AvgIpc) is 2.89. The number of aliphatic hydroxyl groups excluding tert-OH is 1. The first kappa shape index (κ1) is 13.8. The first-order valence-corrected chi connectivity index (χ1v) is 7.08. The minimum absolute atomic E-state index is 0.00620. The molecule has 0 aliphatic rings. The predicted molar refractivity (Wildman–Crippen MR) is 84.1 cm³/mol. The van der Waals surface area contributed by atoms with Gasteiger partial charge >= 0.3 is 0 Å². The number of fused-ring (bicyclic) bond motifs is 1. The fourth-order valence-electron chi connectivity index (χ4n) is 2.30. The van der Waals surface area contributed by atoms with Crippen molar-refractivity contribution >= 4 is 11.1 Å². The summed E-state index contributed by atoms with van der Waals surface area (Å²) in [6.07, 6.45) is 0. The number of aromatic nitrogens is 1. The Morgan fingerprint density at radius 2 is 1.76 bits per heavy atom. The van der Waals surface area contributed by atoms with Crippen molar-refractivity contribution in [2.24, 2.45) is 0 Å². The van der Waals surface area contributed by atoms with Crippen molar-refractivity contribution in [3.05, 3.63) is 53.6 Å². The van der Waals surface area contributed by atoms with Crippen LogP contribution in [0.2, 0.25) is 0 Å². The van der Waals surface area contributed by atoms with Crippen molar-refractivity contribution in [2.75, 3.05) is 0 Å². The molecule has 108 valence electrons. The van der Waals surface area contributed by atoms with E-state index >= 15 is 0 Å². The van der Waals surface area contributed by atoms with Crippen LogP contribution >= 0.6 is 0 Å². The number of nitrogens with zero attached hydrogens (tertiary/aromatic N) is 1. The summed E-state index contributed by atoms with van der Waals surface area (Å²) in [5, 5.41) is 9.17. The number of benzene rings is 2. The Morgan fingerprint density at radius 1 is 1.05 bits per heavy atom. The fraction of sp³-hybridized carbons (Fsp3) is 0.278. The molecule has 3 heteroatoms. The van der Waals surface area contributed by atoms with Crippen LogP contribution in [-0.2, 0) is 12.0 Å². The van der Waals surface area contributed by atoms with E-state index < -0.39 is 0 Å². The van der Waals surface area contributed by atoms with E-state index in [4.69, 9.17) is 9.52 Å². The second kappa shape index (κ2) is 5.01. The van der Waals surface area contributed by atoms with E-state index in [9.17, 15) is 0 Å². The minimum Gasteiger partial charge on any atom is -0.436 e. The molecule has 1 N–H and O–H groups in total. The van der Waals surface area contributed by atoms with Gasteiger partial charge in [-0.05, 0) is 40.8 Å². The second-order valence-electron chi connectivity index (χ2n) is 6.31. The molecule has 0 aliphatic heterocycles. The lowest BCUT2D eigenvalue weighted by Crippen LogP contribution is -2.10. The third kappa shape index (κ3) is 2.69. The van der Waals surface area contributed by atoms with Gasteiger partial charge in [-0.2, -0.15) is 0 Å². The van der Waals surface area contributed by atoms with E-state index in [0.717, 1.165) is 16.6 Å². The molecule has 3 aromatic rings. The molecule has 3 nitrogen and oxygen atoms in total. The average molecular weight is 281 g/mol. The lowest BCUT2D eigenvalue weighted by atomic mass is 9.87. The van der Waals surface area contributed by atoms with Crippen LogP contribution in [0.3, 0.4) is 0 Å². The first-order valence-electron chi connectivity index (χ1n) is 7.08. The van der Waals surface area contributed by atoms with Crippen LogP contribution < -0.4 is 0 Å². The summed E-state index contributed by atoms with van der Waals surface area (Å²) < 4.78 is 5.80. The molecule has 21 heavy (non-hydrogen) atoms. The van der Waals surface area contributed by atoms with Gasteiger partial charge in [-0.1, -0.05) is 39.0 Å². The van der Waals surface area contributed by atoms with E-state index in [1.165, 1.54) is 5.56 Å². The van der Waals surface area contributed by atoms with Crippen molar-refractivity contribution in [1.82, 2.24) is 4.98 Å². The number of hydrogen-bond acceptors (Lipinski definition) is 3. The Balaban J connectivity index is 2.00. The number of hydrogen-bond donors (Lipinski definition) is 1. The molecule has 0 fully saturated rings. The second-order valence-corrected chi connectivity index (χ2v) is 6.31. The predicted octanol–water partition coefficient (Wildman–Crippen LogP) is 4.28. The summed E-state index contributed by atoms with van der Waals surface area (Å²) in [5.41, 5.74) is 4.72. The first-order chi connectivity index (χ1) is 9.97. The summed E-state index contributed by atoms with van der Waals surface area (Å²) in [5.74, 6) is 0.612. The number of rotatable bonds is 2. The molecular formula is C18H19NO2. The van der Waals surface area contributed by atoms with Gasteiger partial charge in [0.25, 0.3) is 0 Å². The smallest absolute Gasteiger partial charge is 0.227 e. The summed E-state index contributed by atoms with van der Waals surface area (Å²) in [7, 11) is 0. The highest BCUT2D eigenvalue weighted by molar-refractivity contribution is 5.76. The summed E-state index contributed by atoms with van der Waals surface area (Å²) in [4.78, 5) is 4.50. The van der Waals surface area contributed by atoms with Crippen molar-refractivity contribution in [3.8, 4) is 11.5 Å². The van der Waals surface area contributed by atoms with Gasteiger partial charge in [-0.25, -0.2) is 4.98 Å². The van der Waals surface area contributed by atoms with Crippen LogP contribution in [0.15, 0.2) is 46.9 Å². The van der Waals surface area contributed by atoms with Crippen LogP contribution in [-0.4, -0.2) is 10.1 Å². The van der Waals surface area contributed by atoms with E-state index in [-0.39, 0.29) is 12.0 Å². The number of aliphatic hydroxyl groups is 1. The Labute approximate surface area is 124 Å². The number of oxazole rings is 1. The zero-order valence-electron chi connectivity index (χ0n) is 12.6. The van der Waals surface area contributed by atoms with Crippen LogP contribution in [0, 0.1) is 0 Å². The van der Waals surface area contributed by atoms with Gasteiger partial charge < -0.3 is 9.52 Å². The Morgan fingerprint density at radius 3 is 2.38 bits per heavy atom. The molecule has 1 aromatic heterocycles. The zero-order valence-corrected chi connectivity index (χ0v) is 12.6. The lowest BCUT2D eigenvalue weighted by molar-refractivity contribution is 0.282. The molecule has 2 aromatic carbocycles. The molecule has 3 rings (SSSR count). The largest absolute Gasteiger partial charge is 0.436 e. The Hall–Kier alpha value is -2.13. The molecule has 0 bridgehead atoms. The molecule has 0 spiro atoms. The highest BCUT2D eigenvalue weighted by Crippen LogP contribution is 2.28. The molecule has 0 saturated carbocycles. The fourth-order valence-corrected chi connectivity index (χ4v) is 2.30. The normalized spacial score (nSPS) is 12.0. The highest BCUT2D eigenvalue weighted by atomic mass is 16.3. The summed E-state index contributed by atoms with van der Waals surface area (Å²) in [6.45, 7) is 6.58. The maximum Gasteiger partial charge on any atom is 0.227 e. The van der Waals surface area contributed by atoms with E-state index in [1.54, 1.807) is 0 Å². The molecule has 0 atom stereocenters. The van der Waals surface area contributed by atoms with Crippen LogP contribution in [0.4, 0.5) is 0 Å². The van der Waals surface area contributed by atoms with Gasteiger partial charge in [0.1, 0.15) is 5.52 Å². The zero-order chi connectivity index (χ0) is 15.0. The third-order valence-electron chi connectivity index (χ3n) is 3.63. The Kier molecular flexibility index (Phi) is 3.30. The quantitative estimate of drug-likeness (QED) is 0.762. The molecule has 0 saturated heterocycles. The molecule has 0 aliphatic carbocycles. The molecule has 0 amide bonds. The molecule has 1 heterocycles. The van der Waals surface area contributed by atoms with Gasteiger partial charge in [-0.15, -0.1) is 0 Å². The van der Waals surface area contributed by atoms with E-state index in [0.29, 0.717) is 11.5 Å². The Bertz CT molecular complexity index is 764. The van der Waals surface area contributed by atoms with Crippen LogP contribution in [0.1, 0.15) is 31.9 Å². The van der Waals surface area contributed by atoms with Gasteiger partial charge in [-0.3, -0.25) is 0 Å². The highest BCUT2D eigenvalue weighted by Gasteiger charge is 2.14. The van der Waals surface area contributed by atoms with Crippen molar-refractivity contribution in [3.63, 3.8) is 0 Å². The third-order valence-corrected chi connectivity index (χ3v) is 3.63. The van der Waals surface area contributed by atoms with Gasteiger partial charge in [0.05, 0.1) is 6.61 Å². The standard InChI is InChI=1S/C18H19NO2/c1-18(2,3)14-7-5-13(6-8-14)17-19-15-9-4-12(11-20)10-16(15)21-17/h4-10,20H,11H2,1-3H3. The monoisotopic (exact) mass is 281 g/mol. The van der Waals surface area contributed by atoms with Crippen molar-refractivity contribution < 1.29 is 9.52 Å². The van der Waals surface area contributed by atoms with E-state index in [1.807, 2.05) is 30.3 Å². The summed E-state index contributed by atoms with van der Waals surface area (Å²) in [6, 6.07) is 13.9. The molecule has 0 radical (unpaired) electrons. The topological polar surface area (TPSA) is 46.3 Å². The van der Waals surface area contributed by atoms with Crippen molar-refractivity contribution in [1.29, 1.82) is 0 Å². The summed E-state index contributed by atoms with van der Waals surface area (Å²) >= 11 is 0. The van der Waals surface area contributed by atoms with Crippen molar-refractivity contribution in [2.45, 2.75) is 32.8 Å². The maximum atomic E-state index is 9.17.